The van der Waals surface area contributed by atoms with Crippen molar-refractivity contribution in [2.24, 2.45) is 5.92 Å². The first-order valence-electron chi connectivity index (χ1n) is 2.54. The Morgan fingerprint density at radius 3 is 2.75 bits per heavy atom. The van der Waals surface area contributed by atoms with Crippen molar-refractivity contribution in [2.75, 3.05) is 6.61 Å². The summed E-state index contributed by atoms with van der Waals surface area (Å²) in [6, 6.07) is 0. The molecule has 1 atom stereocenters. The third kappa shape index (κ3) is 3.56. The molecule has 1 N–H and O–H groups in total. The fourth-order valence-electron chi connectivity index (χ4n) is 0.296. The van der Waals surface area contributed by atoms with Crippen LogP contribution in [0.1, 0.15) is 6.92 Å². The molecule has 0 aromatic carbocycles. The topological polar surface area (TPSA) is 37.3 Å². The number of hydrogen-bond acceptors (Lipinski definition) is 2. The van der Waals surface area contributed by atoms with Gasteiger partial charge in [0.25, 0.3) is 0 Å². The number of aliphatic hydroxyl groups is 1. The summed E-state index contributed by atoms with van der Waals surface area (Å²) >= 11 is 0. The van der Waals surface area contributed by atoms with Crippen LogP contribution >= 0.6 is 0 Å². The molecule has 8 heavy (non-hydrogen) atoms. The van der Waals surface area contributed by atoms with E-state index in [0.717, 1.165) is 0 Å². The Kier molecular flexibility index (Phi) is 4.17. The average Bonchev–Trinajstić information content (AvgIpc) is 1.83. The standard InChI is InChI=1S/C6H10O2/c1-6(5-8)3-2-4-7/h2-4,6,8H,5H2,1H3/b3-2+. The zero-order valence-corrected chi connectivity index (χ0v) is 4.87. The van der Waals surface area contributed by atoms with Crippen LogP contribution in [-0.2, 0) is 4.79 Å². The summed E-state index contributed by atoms with van der Waals surface area (Å²) in [4.78, 5) is 9.66. The maximum Gasteiger partial charge on any atom is 0.142 e. The first-order valence-corrected chi connectivity index (χ1v) is 2.54. The molecule has 0 heterocycles. The Morgan fingerprint density at radius 2 is 2.38 bits per heavy atom. The highest BCUT2D eigenvalue weighted by Crippen LogP contribution is 1.91. The summed E-state index contributed by atoms with van der Waals surface area (Å²) in [5, 5.41) is 8.39. The highest BCUT2D eigenvalue weighted by molar-refractivity contribution is 5.64. The molecule has 0 aliphatic heterocycles. The molecule has 0 saturated heterocycles. The van der Waals surface area contributed by atoms with Gasteiger partial charge in [0.15, 0.2) is 0 Å². The van der Waals surface area contributed by atoms with Gasteiger partial charge in [0.1, 0.15) is 6.29 Å². The van der Waals surface area contributed by atoms with Gasteiger partial charge in [-0.15, -0.1) is 0 Å². The lowest BCUT2D eigenvalue weighted by molar-refractivity contribution is -0.104. The number of allylic oxidation sites excluding steroid dienone is 1. The first kappa shape index (κ1) is 7.37. The van der Waals surface area contributed by atoms with Crippen molar-refractivity contribution < 1.29 is 9.90 Å². The van der Waals surface area contributed by atoms with Crippen LogP contribution in [-0.4, -0.2) is 18.0 Å². The third-order valence-electron chi connectivity index (χ3n) is 0.806. The van der Waals surface area contributed by atoms with Crippen LogP contribution in [0.15, 0.2) is 12.2 Å². The second kappa shape index (κ2) is 4.53. The Labute approximate surface area is 48.8 Å². The zero-order chi connectivity index (χ0) is 6.41. The van der Waals surface area contributed by atoms with Crippen molar-refractivity contribution in [3.63, 3.8) is 0 Å². The molecule has 2 nitrogen and oxygen atoms in total. The maximum atomic E-state index is 9.66. The van der Waals surface area contributed by atoms with E-state index < -0.39 is 0 Å². The van der Waals surface area contributed by atoms with Crippen molar-refractivity contribution in [1.82, 2.24) is 0 Å². The molecule has 0 fully saturated rings. The Hall–Kier alpha value is -0.630. The van der Waals surface area contributed by atoms with Gasteiger partial charge in [-0.2, -0.15) is 0 Å². The zero-order valence-electron chi connectivity index (χ0n) is 4.87. The van der Waals surface area contributed by atoms with Crippen LogP contribution in [0.25, 0.3) is 0 Å². The minimum absolute atomic E-state index is 0.0974. The molecule has 0 radical (unpaired) electrons. The van der Waals surface area contributed by atoms with E-state index in [2.05, 4.69) is 0 Å². The molecule has 0 aromatic rings. The molecule has 0 saturated carbocycles. The minimum atomic E-state index is 0.0974. The second-order valence-corrected chi connectivity index (χ2v) is 1.68. The average molecular weight is 114 g/mol. The highest BCUT2D eigenvalue weighted by atomic mass is 16.3. The Bertz CT molecular complexity index is 86.5. The molecule has 0 spiro atoms. The quantitative estimate of drug-likeness (QED) is 0.425. The van der Waals surface area contributed by atoms with E-state index >= 15 is 0 Å². The van der Waals surface area contributed by atoms with E-state index in [4.69, 9.17) is 5.11 Å². The van der Waals surface area contributed by atoms with E-state index in [1.807, 2.05) is 6.92 Å². The minimum Gasteiger partial charge on any atom is -0.396 e. The lowest BCUT2D eigenvalue weighted by Gasteiger charge is -1.94. The van der Waals surface area contributed by atoms with Crippen molar-refractivity contribution >= 4 is 6.29 Å². The summed E-state index contributed by atoms with van der Waals surface area (Å²) in [5.41, 5.74) is 0. The third-order valence-corrected chi connectivity index (χ3v) is 0.806. The molecule has 0 amide bonds. The van der Waals surface area contributed by atoms with Crippen LogP contribution in [0.2, 0.25) is 0 Å². The molecule has 0 bridgehead atoms. The van der Waals surface area contributed by atoms with Gasteiger partial charge in [0.05, 0.1) is 0 Å². The number of aldehydes is 1. The predicted molar refractivity (Wildman–Crippen MR) is 31.5 cm³/mol. The maximum absolute atomic E-state index is 9.66. The number of aliphatic hydroxyl groups excluding tert-OH is 1. The molecule has 0 rings (SSSR count). The van der Waals surface area contributed by atoms with E-state index in [0.29, 0.717) is 6.29 Å². The molecule has 0 aromatic heterocycles. The van der Waals surface area contributed by atoms with Gasteiger partial charge in [-0.25, -0.2) is 0 Å². The highest BCUT2D eigenvalue weighted by Gasteiger charge is 1.88. The van der Waals surface area contributed by atoms with Crippen molar-refractivity contribution in [3.05, 3.63) is 12.2 Å². The van der Waals surface area contributed by atoms with Crippen LogP contribution in [0.4, 0.5) is 0 Å². The van der Waals surface area contributed by atoms with E-state index in [-0.39, 0.29) is 12.5 Å². The van der Waals surface area contributed by atoms with Crippen molar-refractivity contribution in [3.8, 4) is 0 Å². The number of carbonyl (C=O) groups is 1. The van der Waals surface area contributed by atoms with Crippen LogP contribution < -0.4 is 0 Å². The van der Waals surface area contributed by atoms with Crippen molar-refractivity contribution in [1.29, 1.82) is 0 Å². The van der Waals surface area contributed by atoms with E-state index in [1.54, 1.807) is 6.08 Å². The fraction of sp³-hybridized carbons (Fsp3) is 0.500. The van der Waals surface area contributed by atoms with Crippen LogP contribution in [0.5, 0.6) is 0 Å². The lowest BCUT2D eigenvalue weighted by atomic mass is 10.2. The predicted octanol–water partition coefficient (Wildman–Crippen LogP) is 0.370. The SMILES string of the molecule is CC(/C=C/C=O)CO. The number of hydrogen-bond donors (Lipinski definition) is 1. The van der Waals surface area contributed by atoms with Crippen LogP contribution in [0, 0.1) is 5.92 Å². The number of carbonyl (C=O) groups excluding carboxylic acids is 1. The molecular formula is C6H10O2. The van der Waals surface area contributed by atoms with Crippen molar-refractivity contribution in [2.45, 2.75) is 6.92 Å². The number of rotatable bonds is 3. The smallest absolute Gasteiger partial charge is 0.142 e. The molecule has 2 heteroatoms. The van der Waals surface area contributed by atoms with Gasteiger partial charge in [0.2, 0.25) is 0 Å². The fourth-order valence-corrected chi connectivity index (χ4v) is 0.296. The molecule has 46 valence electrons. The van der Waals surface area contributed by atoms with E-state index in [9.17, 15) is 4.79 Å². The normalized spacial score (nSPS) is 14.2. The largest absolute Gasteiger partial charge is 0.396 e. The summed E-state index contributed by atoms with van der Waals surface area (Å²) in [5.74, 6) is 0.0974. The molecular weight excluding hydrogens is 104 g/mol. The summed E-state index contributed by atoms with van der Waals surface area (Å²) in [7, 11) is 0. The molecule has 1 unspecified atom stereocenters. The summed E-state index contributed by atoms with van der Waals surface area (Å²) in [6.45, 7) is 1.93. The summed E-state index contributed by atoms with van der Waals surface area (Å²) in [6.07, 6.45) is 3.75. The molecule has 0 aliphatic carbocycles. The Balaban J connectivity index is 3.35. The van der Waals surface area contributed by atoms with Gasteiger partial charge in [-0.1, -0.05) is 13.0 Å². The van der Waals surface area contributed by atoms with Gasteiger partial charge in [-0.05, 0) is 12.0 Å². The molecule has 0 aliphatic rings. The van der Waals surface area contributed by atoms with Gasteiger partial charge >= 0.3 is 0 Å². The van der Waals surface area contributed by atoms with Gasteiger partial charge in [0, 0.05) is 6.61 Å². The van der Waals surface area contributed by atoms with Gasteiger partial charge in [-0.3, -0.25) is 4.79 Å². The van der Waals surface area contributed by atoms with Gasteiger partial charge < -0.3 is 5.11 Å². The monoisotopic (exact) mass is 114 g/mol. The van der Waals surface area contributed by atoms with Crippen LogP contribution in [0.3, 0.4) is 0 Å². The lowest BCUT2D eigenvalue weighted by Crippen LogP contribution is -1.94. The second-order valence-electron chi connectivity index (χ2n) is 1.68. The van der Waals surface area contributed by atoms with E-state index in [1.165, 1.54) is 6.08 Å². The Morgan fingerprint density at radius 1 is 1.75 bits per heavy atom. The summed E-state index contributed by atoms with van der Waals surface area (Å²) < 4.78 is 0. The first-order chi connectivity index (χ1) is 3.81.